The number of hydrogen-bond acceptors (Lipinski definition) is 12. The van der Waals surface area contributed by atoms with Gasteiger partial charge in [0.05, 0.1) is 37.3 Å². The Hall–Kier alpha value is -6.88. The molecule has 0 saturated heterocycles. The highest BCUT2D eigenvalue weighted by molar-refractivity contribution is 7.19. The summed E-state index contributed by atoms with van der Waals surface area (Å²) in [6.45, 7) is 23.4. The van der Waals surface area contributed by atoms with Gasteiger partial charge in [-0.25, -0.2) is 19.3 Å². The van der Waals surface area contributed by atoms with E-state index in [1.54, 1.807) is 41.0 Å². The number of aromatic nitrogens is 6. The summed E-state index contributed by atoms with van der Waals surface area (Å²) in [5, 5.41) is 12.5. The summed E-state index contributed by atoms with van der Waals surface area (Å²) in [6.07, 6.45) is 9.02. The summed E-state index contributed by atoms with van der Waals surface area (Å²) in [4.78, 5) is 29.6. The number of nitrogens with one attached hydrogen (secondary N) is 3. The number of hydrogen-bond donors (Lipinski definition) is 3. The first-order chi connectivity index (χ1) is 36.4. The molecular weight excluding hydrogens is 1010 g/mol. The van der Waals surface area contributed by atoms with Gasteiger partial charge in [-0.1, -0.05) is 125 Å². The second-order valence-electron chi connectivity index (χ2n) is 16.3. The van der Waals surface area contributed by atoms with Crippen molar-refractivity contribution < 1.29 is 17.6 Å². The number of nitrogens with zero attached hydrogens (tertiary/aromatic N) is 6. The van der Waals surface area contributed by atoms with Crippen LogP contribution in [0.2, 0.25) is 0 Å². The predicted octanol–water partition coefficient (Wildman–Crippen LogP) is 18.2. The van der Waals surface area contributed by atoms with E-state index in [-0.39, 0.29) is 11.3 Å². The Balaban J connectivity index is 0.000000202. The van der Waals surface area contributed by atoms with E-state index in [1.807, 2.05) is 71.5 Å². The van der Waals surface area contributed by atoms with Gasteiger partial charge in [0, 0.05) is 90.2 Å². The van der Waals surface area contributed by atoms with Crippen molar-refractivity contribution in [1.82, 2.24) is 29.9 Å². The molecule has 9 rings (SSSR count). The van der Waals surface area contributed by atoms with Crippen molar-refractivity contribution in [3.05, 3.63) is 162 Å². The third-order valence-corrected chi connectivity index (χ3v) is 14.1. The lowest BCUT2D eigenvalue weighted by atomic mass is 9.97. The predicted molar refractivity (Wildman–Crippen MR) is 311 cm³/mol. The van der Waals surface area contributed by atoms with Gasteiger partial charge in [0.2, 0.25) is 0 Å². The maximum absolute atomic E-state index is 13.4. The molecule has 0 spiro atoms. The SMILES string of the molecule is CC.CC.CCCNc1ncc(-c2cccnc2-c2ccc(F)cc2C(F)(F)F)s1.CCCNc1ncc(-c2cccnc2-c2cccc(C)c2C)s1.CCCNc1ncc(-c2cccnc2-c2ccccc2C)s1. The summed E-state index contributed by atoms with van der Waals surface area (Å²) >= 11 is 4.69. The van der Waals surface area contributed by atoms with E-state index in [0.29, 0.717) is 21.6 Å². The average molecular weight is 1070 g/mol. The topological polar surface area (TPSA) is 113 Å². The van der Waals surface area contributed by atoms with Crippen molar-refractivity contribution >= 4 is 49.4 Å². The molecule has 0 saturated carbocycles. The molecule has 0 amide bonds. The zero-order valence-electron chi connectivity index (χ0n) is 44.4. The molecule has 0 unspecified atom stereocenters. The summed E-state index contributed by atoms with van der Waals surface area (Å²) in [7, 11) is 0. The van der Waals surface area contributed by atoms with Crippen LogP contribution in [0.5, 0.6) is 0 Å². The molecule has 16 heteroatoms. The molecule has 0 atom stereocenters. The quantitative estimate of drug-likeness (QED) is 0.0864. The van der Waals surface area contributed by atoms with Gasteiger partial charge in [0.25, 0.3) is 0 Å². The molecule has 3 aromatic carbocycles. The fourth-order valence-electron chi connectivity index (χ4n) is 7.40. The van der Waals surface area contributed by atoms with Gasteiger partial charge in [-0.2, -0.15) is 13.2 Å². The first-order valence-corrected chi connectivity index (χ1v) is 27.8. The first-order valence-electron chi connectivity index (χ1n) is 25.3. The smallest absolute Gasteiger partial charge is 0.362 e. The van der Waals surface area contributed by atoms with Gasteiger partial charge >= 0.3 is 6.18 Å². The number of benzene rings is 3. The molecule has 0 radical (unpaired) electrons. The molecule has 3 N–H and O–H groups in total. The van der Waals surface area contributed by atoms with Crippen molar-refractivity contribution in [3.8, 4) is 65.1 Å². The van der Waals surface area contributed by atoms with Crippen LogP contribution in [-0.2, 0) is 6.18 Å². The van der Waals surface area contributed by atoms with Crippen LogP contribution in [0.25, 0.3) is 65.1 Å². The molecule has 0 aliphatic rings. The number of rotatable bonds is 15. The van der Waals surface area contributed by atoms with Crippen LogP contribution >= 0.6 is 34.0 Å². The lowest BCUT2D eigenvalue weighted by Gasteiger charge is -2.14. The standard InChI is InChI=1S/C19H21N3S.C18H15F4N3S.C18H19N3S.2C2H6/c1-4-10-21-19-22-12-17(23-19)16-9-6-11-20-18(16)15-8-5-7-13(2)14(15)3;1-2-7-24-17-25-10-15(26-17)13-4-3-8-23-16(13)12-6-5-11(19)9-14(12)18(20,21)22;1-3-10-20-18-21-12-16(22-18)15-9-6-11-19-17(15)14-8-5-4-7-13(14)2;2*1-2/h5-9,11-12H,4,10H2,1-3H3,(H,21,22);3-6,8-10H,2,7H2,1H3,(H,24,25);4-9,11-12H,3,10H2,1-2H3,(H,20,21);2*1-2H3. The summed E-state index contributed by atoms with van der Waals surface area (Å²) < 4.78 is 53.5. The minimum Gasteiger partial charge on any atom is -0.362 e. The highest BCUT2D eigenvalue weighted by Crippen LogP contribution is 2.42. The lowest BCUT2D eigenvalue weighted by Crippen LogP contribution is -2.08. The molecule has 0 fully saturated rings. The van der Waals surface area contributed by atoms with Crippen LogP contribution in [0.4, 0.5) is 33.0 Å². The fourth-order valence-corrected chi connectivity index (χ4v) is 10.0. The number of thiazole rings is 3. The van der Waals surface area contributed by atoms with Gasteiger partial charge in [0.15, 0.2) is 15.4 Å². The van der Waals surface area contributed by atoms with E-state index in [0.717, 1.165) is 93.6 Å². The minimum absolute atomic E-state index is 0.144. The molecule has 75 heavy (non-hydrogen) atoms. The minimum atomic E-state index is -4.69. The van der Waals surface area contributed by atoms with Crippen molar-refractivity contribution in [3.63, 3.8) is 0 Å². The highest BCUT2D eigenvalue weighted by atomic mass is 32.1. The number of halogens is 4. The van der Waals surface area contributed by atoms with Crippen LogP contribution in [0.3, 0.4) is 0 Å². The van der Waals surface area contributed by atoms with Crippen molar-refractivity contribution in [1.29, 1.82) is 0 Å². The number of pyridine rings is 3. The second-order valence-corrected chi connectivity index (χ2v) is 19.4. The van der Waals surface area contributed by atoms with Crippen LogP contribution in [-0.4, -0.2) is 49.5 Å². The van der Waals surface area contributed by atoms with E-state index in [4.69, 9.17) is 0 Å². The molecular formula is C59H67F4N9S3. The molecule has 6 aromatic heterocycles. The third-order valence-electron chi connectivity index (χ3n) is 11.1. The average Bonchev–Trinajstić information content (AvgIpc) is 4.24. The molecule has 6 heterocycles. The highest BCUT2D eigenvalue weighted by Gasteiger charge is 2.35. The van der Waals surface area contributed by atoms with Gasteiger partial charge in [-0.3, -0.25) is 15.0 Å². The maximum Gasteiger partial charge on any atom is 0.417 e. The number of anilines is 3. The molecule has 0 aliphatic carbocycles. The van der Waals surface area contributed by atoms with Gasteiger partial charge in [-0.05, 0) is 111 Å². The molecule has 0 bridgehead atoms. The van der Waals surface area contributed by atoms with Crippen LogP contribution < -0.4 is 16.0 Å². The third kappa shape index (κ3) is 16.1. The largest absolute Gasteiger partial charge is 0.417 e. The number of alkyl halides is 3. The summed E-state index contributed by atoms with van der Waals surface area (Å²) in [5.74, 6) is -0.942. The maximum atomic E-state index is 13.4. The Labute approximate surface area is 452 Å². The van der Waals surface area contributed by atoms with Crippen LogP contribution in [0.1, 0.15) is 90.0 Å². The number of aryl methyl sites for hydroxylation is 2. The Morgan fingerprint density at radius 3 is 1.25 bits per heavy atom. The van der Waals surface area contributed by atoms with E-state index in [1.165, 1.54) is 45.4 Å². The van der Waals surface area contributed by atoms with E-state index >= 15 is 0 Å². The van der Waals surface area contributed by atoms with Gasteiger partial charge in [0.1, 0.15) is 5.82 Å². The second kappa shape index (κ2) is 29.9. The Morgan fingerprint density at radius 2 is 0.827 bits per heavy atom. The zero-order chi connectivity index (χ0) is 54.3. The summed E-state index contributed by atoms with van der Waals surface area (Å²) in [6, 6.07) is 28.9. The Kier molecular flexibility index (Phi) is 23.5. The van der Waals surface area contributed by atoms with Crippen molar-refractivity contribution in [2.45, 2.75) is 94.7 Å². The Bertz CT molecular complexity index is 3150. The Morgan fingerprint density at radius 1 is 0.440 bits per heavy atom. The molecule has 9 aromatic rings. The normalized spacial score (nSPS) is 10.6. The van der Waals surface area contributed by atoms with Crippen molar-refractivity contribution in [2.24, 2.45) is 0 Å². The van der Waals surface area contributed by atoms with E-state index in [9.17, 15) is 17.6 Å². The zero-order valence-corrected chi connectivity index (χ0v) is 46.8. The fraction of sp³-hybridized carbons (Fsp3) is 0.288. The van der Waals surface area contributed by atoms with Gasteiger partial charge < -0.3 is 16.0 Å². The molecule has 394 valence electrons. The summed E-state index contributed by atoms with van der Waals surface area (Å²) in [5.41, 5.74) is 9.94. The van der Waals surface area contributed by atoms with E-state index in [2.05, 4.69) is 135 Å². The monoisotopic (exact) mass is 1070 g/mol. The molecule has 0 aliphatic heterocycles. The molecule has 9 nitrogen and oxygen atoms in total. The van der Waals surface area contributed by atoms with Crippen LogP contribution in [0, 0.1) is 26.6 Å². The van der Waals surface area contributed by atoms with Crippen molar-refractivity contribution in [2.75, 3.05) is 35.6 Å². The lowest BCUT2D eigenvalue weighted by molar-refractivity contribution is -0.137. The van der Waals surface area contributed by atoms with Gasteiger partial charge in [-0.15, -0.1) is 0 Å². The first kappa shape index (κ1) is 59.0. The van der Waals surface area contributed by atoms with Crippen LogP contribution in [0.15, 0.2) is 134 Å². The van der Waals surface area contributed by atoms with E-state index < -0.39 is 17.6 Å².